The summed E-state index contributed by atoms with van der Waals surface area (Å²) in [5.74, 6) is -1.14. The highest BCUT2D eigenvalue weighted by Gasteiger charge is 2.17. The second kappa shape index (κ2) is 7.30. The van der Waals surface area contributed by atoms with Crippen molar-refractivity contribution in [2.45, 2.75) is 20.3 Å². The first-order valence-corrected chi connectivity index (χ1v) is 8.61. The fourth-order valence-electron chi connectivity index (χ4n) is 2.77. The summed E-state index contributed by atoms with van der Waals surface area (Å²) >= 11 is 5.81. The molecule has 3 aromatic rings. The highest BCUT2D eigenvalue weighted by atomic mass is 35.5. The van der Waals surface area contributed by atoms with Crippen LogP contribution in [0.3, 0.4) is 0 Å². The maximum absolute atomic E-state index is 13.4. The highest BCUT2D eigenvalue weighted by Crippen LogP contribution is 2.25. The molecule has 2 aromatic carbocycles. The molecule has 4 nitrogen and oxygen atoms in total. The summed E-state index contributed by atoms with van der Waals surface area (Å²) in [6.07, 6.45) is 0.975. The van der Waals surface area contributed by atoms with E-state index in [-0.39, 0.29) is 10.7 Å². The number of halogens is 2. The summed E-state index contributed by atoms with van der Waals surface area (Å²) < 4.78 is 14.6. The minimum atomic E-state index is -1.12. The van der Waals surface area contributed by atoms with Gasteiger partial charge in [-0.1, -0.05) is 49.7 Å². The van der Waals surface area contributed by atoms with Crippen LogP contribution in [-0.4, -0.2) is 20.9 Å². The molecule has 3 rings (SSSR count). The van der Waals surface area contributed by atoms with Crippen molar-refractivity contribution in [3.8, 4) is 16.9 Å². The van der Waals surface area contributed by atoms with Crippen LogP contribution in [-0.2, 0) is 6.42 Å². The zero-order valence-corrected chi connectivity index (χ0v) is 15.2. The number of nitrogens with zero attached hydrogens (tertiary/aromatic N) is 2. The number of rotatable bonds is 5. The van der Waals surface area contributed by atoms with Gasteiger partial charge >= 0.3 is 5.97 Å². The standard InChI is InChI=1S/C20H18ClFN2O2/c1-12(2)9-13-3-5-14(6-4-13)18-11-19(20(25)26)24(23-18)15-7-8-17(22)16(21)10-15/h3-8,10-12H,9H2,1-2H3,(H,25,26). The molecule has 0 bridgehead atoms. The van der Waals surface area contributed by atoms with Crippen LogP contribution < -0.4 is 0 Å². The van der Waals surface area contributed by atoms with Gasteiger partial charge in [0.05, 0.1) is 16.4 Å². The van der Waals surface area contributed by atoms with E-state index < -0.39 is 11.8 Å². The normalized spacial score (nSPS) is 11.1. The minimum Gasteiger partial charge on any atom is -0.477 e. The maximum atomic E-state index is 13.4. The van der Waals surface area contributed by atoms with E-state index in [1.54, 1.807) is 0 Å². The number of hydrogen-bond donors (Lipinski definition) is 1. The Hall–Kier alpha value is -2.66. The molecule has 0 amide bonds. The molecule has 0 saturated carbocycles. The molecule has 0 aliphatic heterocycles. The molecule has 0 unspecified atom stereocenters. The molecule has 0 spiro atoms. The number of aromatic nitrogens is 2. The molecule has 1 heterocycles. The average Bonchev–Trinajstić information content (AvgIpc) is 3.03. The van der Waals surface area contributed by atoms with Gasteiger partial charge in [-0.05, 0) is 42.2 Å². The maximum Gasteiger partial charge on any atom is 0.354 e. The Balaban J connectivity index is 2.02. The van der Waals surface area contributed by atoms with Crippen LogP contribution in [0.5, 0.6) is 0 Å². The first kappa shape index (κ1) is 18.1. The van der Waals surface area contributed by atoms with Crippen molar-refractivity contribution in [2.75, 3.05) is 0 Å². The van der Waals surface area contributed by atoms with Crippen molar-refractivity contribution in [1.29, 1.82) is 0 Å². The first-order chi connectivity index (χ1) is 12.3. The van der Waals surface area contributed by atoms with Crippen molar-refractivity contribution in [2.24, 2.45) is 5.92 Å². The third-order valence-electron chi connectivity index (χ3n) is 3.97. The number of carbonyl (C=O) groups is 1. The lowest BCUT2D eigenvalue weighted by Crippen LogP contribution is -2.08. The predicted molar refractivity (Wildman–Crippen MR) is 99.5 cm³/mol. The molecule has 0 aliphatic carbocycles. The van der Waals surface area contributed by atoms with E-state index >= 15 is 0 Å². The molecule has 0 radical (unpaired) electrons. The molecule has 0 saturated heterocycles. The van der Waals surface area contributed by atoms with Gasteiger partial charge in [-0.25, -0.2) is 13.9 Å². The van der Waals surface area contributed by atoms with Gasteiger partial charge in [-0.3, -0.25) is 0 Å². The van der Waals surface area contributed by atoms with Crippen LogP contribution >= 0.6 is 11.6 Å². The molecular weight excluding hydrogens is 355 g/mol. The van der Waals surface area contributed by atoms with E-state index in [1.807, 2.05) is 24.3 Å². The van der Waals surface area contributed by atoms with Crippen LogP contribution in [0.1, 0.15) is 29.9 Å². The summed E-state index contributed by atoms with van der Waals surface area (Å²) in [5, 5.41) is 13.8. The Morgan fingerprint density at radius 2 is 1.88 bits per heavy atom. The Morgan fingerprint density at radius 3 is 2.46 bits per heavy atom. The molecule has 1 N–H and O–H groups in total. The molecule has 0 fully saturated rings. The summed E-state index contributed by atoms with van der Waals surface area (Å²) in [6, 6.07) is 13.4. The van der Waals surface area contributed by atoms with Crippen molar-refractivity contribution in [3.05, 3.63) is 70.6 Å². The number of aromatic carboxylic acids is 1. The van der Waals surface area contributed by atoms with Crippen LogP contribution in [0.2, 0.25) is 5.02 Å². The number of carboxylic acid groups (broad SMARTS) is 1. The third kappa shape index (κ3) is 3.78. The van der Waals surface area contributed by atoms with E-state index in [9.17, 15) is 14.3 Å². The summed E-state index contributed by atoms with van der Waals surface area (Å²) in [4.78, 5) is 11.6. The van der Waals surface area contributed by atoms with E-state index in [1.165, 1.54) is 34.5 Å². The topological polar surface area (TPSA) is 55.1 Å². The quantitative estimate of drug-likeness (QED) is 0.667. The average molecular weight is 373 g/mol. The summed E-state index contributed by atoms with van der Waals surface area (Å²) in [7, 11) is 0. The fraction of sp³-hybridized carbons (Fsp3) is 0.200. The van der Waals surface area contributed by atoms with Crippen molar-refractivity contribution < 1.29 is 14.3 Å². The van der Waals surface area contributed by atoms with Gasteiger partial charge in [0, 0.05) is 5.56 Å². The van der Waals surface area contributed by atoms with E-state index in [2.05, 4.69) is 18.9 Å². The van der Waals surface area contributed by atoms with Gasteiger partial charge in [-0.15, -0.1) is 0 Å². The fourth-order valence-corrected chi connectivity index (χ4v) is 2.95. The smallest absolute Gasteiger partial charge is 0.354 e. The summed E-state index contributed by atoms with van der Waals surface area (Å²) in [5.41, 5.74) is 2.92. The SMILES string of the molecule is CC(C)Cc1ccc(-c2cc(C(=O)O)n(-c3ccc(F)c(Cl)c3)n2)cc1. The largest absolute Gasteiger partial charge is 0.477 e. The van der Waals surface area contributed by atoms with Crippen LogP contribution in [0.25, 0.3) is 16.9 Å². The van der Waals surface area contributed by atoms with Crippen LogP contribution in [0.15, 0.2) is 48.5 Å². The van der Waals surface area contributed by atoms with Crippen LogP contribution in [0.4, 0.5) is 4.39 Å². The highest BCUT2D eigenvalue weighted by molar-refractivity contribution is 6.30. The lowest BCUT2D eigenvalue weighted by atomic mass is 10.0. The lowest BCUT2D eigenvalue weighted by Gasteiger charge is -2.06. The molecular formula is C20H18ClFN2O2. The van der Waals surface area contributed by atoms with Crippen LogP contribution in [0, 0.1) is 11.7 Å². The van der Waals surface area contributed by atoms with Gasteiger partial charge in [0.1, 0.15) is 5.82 Å². The molecule has 134 valence electrons. The zero-order valence-electron chi connectivity index (χ0n) is 14.4. The van der Waals surface area contributed by atoms with Gasteiger partial charge in [0.15, 0.2) is 5.69 Å². The van der Waals surface area contributed by atoms with Crippen molar-refractivity contribution >= 4 is 17.6 Å². The van der Waals surface area contributed by atoms with E-state index in [4.69, 9.17) is 11.6 Å². The number of benzene rings is 2. The molecule has 26 heavy (non-hydrogen) atoms. The minimum absolute atomic E-state index is 0.0195. The van der Waals surface area contributed by atoms with E-state index in [0.29, 0.717) is 17.3 Å². The molecule has 6 heteroatoms. The second-order valence-corrected chi connectivity index (χ2v) is 6.93. The van der Waals surface area contributed by atoms with Crippen molar-refractivity contribution in [3.63, 3.8) is 0 Å². The summed E-state index contributed by atoms with van der Waals surface area (Å²) in [6.45, 7) is 4.31. The Bertz CT molecular complexity index is 949. The molecule has 0 aliphatic rings. The Labute approximate surface area is 155 Å². The second-order valence-electron chi connectivity index (χ2n) is 6.53. The lowest BCUT2D eigenvalue weighted by molar-refractivity contribution is 0.0687. The third-order valence-corrected chi connectivity index (χ3v) is 4.26. The number of hydrogen-bond acceptors (Lipinski definition) is 2. The Kier molecular flexibility index (Phi) is 5.09. The zero-order chi connectivity index (χ0) is 18.8. The van der Waals surface area contributed by atoms with Gasteiger partial charge in [0.25, 0.3) is 0 Å². The van der Waals surface area contributed by atoms with E-state index in [0.717, 1.165) is 12.0 Å². The first-order valence-electron chi connectivity index (χ1n) is 8.23. The molecule has 1 aromatic heterocycles. The monoisotopic (exact) mass is 372 g/mol. The van der Waals surface area contributed by atoms with Gasteiger partial charge < -0.3 is 5.11 Å². The predicted octanol–water partition coefficient (Wildman–Crippen LogP) is 5.23. The van der Waals surface area contributed by atoms with Gasteiger partial charge in [-0.2, -0.15) is 5.10 Å². The Morgan fingerprint density at radius 1 is 1.19 bits per heavy atom. The number of carboxylic acids is 1. The molecule has 0 atom stereocenters. The van der Waals surface area contributed by atoms with Crippen molar-refractivity contribution in [1.82, 2.24) is 9.78 Å². The van der Waals surface area contributed by atoms with Gasteiger partial charge in [0.2, 0.25) is 0 Å².